The molecule has 1 N–H and O–H groups in total. The summed E-state index contributed by atoms with van der Waals surface area (Å²) in [6.45, 7) is -0.512. The second-order valence-corrected chi connectivity index (χ2v) is 2.29. The Labute approximate surface area is 73.0 Å². The number of nitrogens with zero attached hydrogens (tertiary/aromatic N) is 4. The third kappa shape index (κ3) is 1.34. The van der Waals surface area contributed by atoms with Gasteiger partial charge in [-0.3, -0.25) is 4.57 Å². The van der Waals surface area contributed by atoms with Gasteiger partial charge >= 0.3 is 11.6 Å². The van der Waals surface area contributed by atoms with Gasteiger partial charge in [-0.15, -0.1) is 0 Å². The van der Waals surface area contributed by atoms with E-state index in [1.807, 2.05) is 0 Å². The molecule has 1 rings (SSSR count). The molecule has 0 aliphatic heterocycles. The minimum Gasteiger partial charge on any atom is -0.390 e. The van der Waals surface area contributed by atoms with Crippen molar-refractivity contribution in [2.45, 2.75) is 6.61 Å². The lowest BCUT2D eigenvalue weighted by Gasteiger charge is -1.95. The molecule has 1 aromatic rings. The van der Waals surface area contributed by atoms with Crippen LogP contribution in [0.15, 0.2) is 0 Å². The molecular weight excluding hydrogens is 176 g/mol. The van der Waals surface area contributed by atoms with E-state index in [1.54, 1.807) is 6.07 Å². The first kappa shape index (κ1) is 9.15. The summed E-state index contributed by atoms with van der Waals surface area (Å²) in [5, 5.41) is 27.6. The van der Waals surface area contributed by atoms with Gasteiger partial charge in [0.15, 0.2) is 6.07 Å². The monoisotopic (exact) mass is 182 g/mol. The quantitative estimate of drug-likeness (QED) is 0.499. The van der Waals surface area contributed by atoms with Gasteiger partial charge in [-0.05, 0) is 9.91 Å². The Bertz CT molecular complexity index is 389. The van der Waals surface area contributed by atoms with Crippen molar-refractivity contribution in [3.63, 3.8) is 0 Å². The van der Waals surface area contributed by atoms with Crippen molar-refractivity contribution in [2.24, 2.45) is 7.05 Å². The van der Waals surface area contributed by atoms with Crippen molar-refractivity contribution in [3.8, 4) is 6.07 Å². The number of nitro groups is 1. The Morgan fingerprint density at radius 3 is 2.77 bits per heavy atom. The molecule has 0 amide bonds. The van der Waals surface area contributed by atoms with Crippen molar-refractivity contribution in [1.29, 1.82) is 5.26 Å². The van der Waals surface area contributed by atoms with E-state index in [2.05, 4.69) is 4.98 Å². The SMILES string of the molecule is Cn1c(C#N)nc([N+](=O)[O-])c1CO. The lowest BCUT2D eigenvalue weighted by molar-refractivity contribution is -0.390. The highest BCUT2D eigenvalue weighted by molar-refractivity contribution is 5.33. The van der Waals surface area contributed by atoms with E-state index in [0.717, 1.165) is 0 Å². The van der Waals surface area contributed by atoms with Crippen LogP contribution in [0.5, 0.6) is 0 Å². The molecule has 68 valence electrons. The van der Waals surface area contributed by atoms with Gasteiger partial charge in [0.1, 0.15) is 5.69 Å². The Morgan fingerprint density at radius 1 is 1.85 bits per heavy atom. The predicted molar refractivity (Wildman–Crippen MR) is 40.5 cm³/mol. The van der Waals surface area contributed by atoms with E-state index in [-0.39, 0.29) is 11.5 Å². The molecule has 7 heteroatoms. The molecule has 0 aromatic carbocycles. The van der Waals surface area contributed by atoms with Crippen LogP contribution in [0.2, 0.25) is 0 Å². The fourth-order valence-electron chi connectivity index (χ4n) is 0.941. The third-order valence-electron chi connectivity index (χ3n) is 1.62. The van der Waals surface area contributed by atoms with E-state index in [9.17, 15) is 10.1 Å². The molecule has 7 nitrogen and oxygen atoms in total. The Morgan fingerprint density at radius 2 is 2.46 bits per heavy atom. The van der Waals surface area contributed by atoms with Gasteiger partial charge in [-0.1, -0.05) is 0 Å². The molecule has 0 aliphatic carbocycles. The molecule has 0 aliphatic rings. The number of aliphatic hydroxyl groups is 1. The standard InChI is InChI=1S/C6H6N4O3/c1-9-4(3-11)6(10(12)13)8-5(9)2-7/h11H,3H2,1H3. The first-order valence-corrected chi connectivity index (χ1v) is 3.32. The van der Waals surface area contributed by atoms with Crippen molar-refractivity contribution >= 4 is 5.82 Å². The van der Waals surface area contributed by atoms with Gasteiger partial charge in [0.05, 0.1) is 6.61 Å². The molecule has 0 fully saturated rings. The lowest BCUT2D eigenvalue weighted by atomic mass is 10.4. The van der Waals surface area contributed by atoms with E-state index >= 15 is 0 Å². The second kappa shape index (κ2) is 3.20. The summed E-state index contributed by atoms with van der Waals surface area (Å²) in [5.41, 5.74) is 0.0292. The van der Waals surface area contributed by atoms with Crippen LogP contribution >= 0.6 is 0 Å². The molecule has 0 unspecified atom stereocenters. The Kier molecular flexibility index (Phi) is 2.25. The molecule has 0 bridgehead atoms. The molecule has 1 aromatic heterocycles. The molecule has 0 spiro atoms. The maximum atomic E-state index is 10.4. The summed E-state index contributed by atoms with van der Waals surface area (Å²) in [5.74, 6) is -0.558. The maximum Gasteiger partial charge on any atom is 0.388 e. The topological polar surface area (TPSA) is 105 Å². The summed E-state index contributed by atoms with van der Waals surface area (Å²) in [6.07, 6.45) is 0. The fraction of sp³-hybridized carbons (Fsp3) is 0.333. The smallest absolute Gasteiger partial charge is 0.388 e. The first-order valence-electron chi connectivity index (χ1n) is 3.32. The van der Waals surface area contributed by atoms with E-state index in [0.29, 0.717) is 0 Å². The van der Waals surface area contributed by atoms with Gasteiger partial charge in [0.2, 0.25) is 0 Å². The van der Waals surface area contributed by atoms with Crippen LogP contribution in [0.4, 0.5) is 5.82 Å². The first-order chi connectivity index (χ1) is 6.11. The molecule has 13 heavy (non-hydrogen) atoms. The van der Waals surface area contributed by atoms with E-state index < -0.39 is 17.3 Å². The minimum absolute atomic E-state index is 0.0292. The maximum absolute atomic E-state index is 10.4. The summed E-state index contributed by atoms with van der Waals surface area (Å²) in [6, 6.07) is 1.68. The van der Waals surface area contributed by atoms with Crippen LogP contribution in [0.1, 0.15) is 11.5 Å². The molecule has 0 radical (unpaired) electrons. The van der Waals surface area contributed by atoms with Crippen LogP contribution in [0.25, 0.3) is 0 Å². The van der Waals surface area contributed by atoms with Gasteiger partial charge in [-0.2, -0.15) is 5.26 Å². The highest BCUT2D eigenvalue weighted by Gasteiger charge is 2.24. The lowest BCUT2D eigenvalue weighted by Crippen LogP contribution is -2.00. The molecule has 0 saturated carbocycles. The number of aliphatic hydroxyl groups excluding tert-OH is 1. The van der Waals surface area contributed by atoms with Gasteiger partial charge in [0.25, 0.3) is 0 Å². The summed E-state index contributed by atoms with van der Waals surface area (Å²) < 4.78 is 1.19. The molecule has 0 atom stereocenters. The van der Waals surface area contributed by atoms with Gasteiger partial charge in [-0.25, -0.2) is 0 Å². The fourth-order valence-corrected chi connectivity index (χ4v) is 0.941. The van der Waals surface area contributed by atoms with Crippen LogP contribution in [0.3, 0.4) is 0 Å². The zero-order chi connectivity index (χ0) is 10.0. The number of nitriles is 1. The highest BCUT2D eigenvalue weighted by Crippen LogP contribution is 2.17. The average molecular weight is 182 g/mol. The largest absolute Gasteiger partial charge is 0.390 e. The summed E-state index contributed by atoms with van der Waals surface area (Å²) >= 11 is 0. The van der Waals surface area contributed by atoms with E-state index in [1.165, 1.54) is 11.6 Å². The van der Waals surface area contributed by atoms with Crippen molar-refractivity contribution in [1.82, 2.24) is 9.55 Å². The normalized spacial score (nSPS) is 9.62. The predicted octanol–water partition coefficient (Wildman–Crippen LogP) is -0.308. The third-order valence-corrected chi connectivity index (χ3v) is 1.62. The number of rotatable bonds is 2. The van der Waals surface area contributed by atoms with Crippen LogP contribution in [-0.2, 0) is 13.7 Å². The minimum atomic E-state index is -0.730. The number of hydrogen-bond acceptors (Lipinski definition) is 5. The zero-order valence-corrected chi connectivity index (χ0v) is 6.76. The summed E-state index contributed by atoms with van der Waals surface area (Å²) in [4.78, 5) is 13.1. The Balaban J connectivity index is 3.38. The number of aromatic nitrogens is 2. The average Bonchev–Trinajstić information content (AvgIpc) is 2.42. The number of hydrogen-bond donors (Lipinski definition) is 1. The second-order valence-electron chi connectivity index (χ2n) is 2.29. The van der Waals surface area contributed by atoms with Gasteiger partial charge < -0.3 is 15.2 Å². The van der Waals surface area contributed by atoms with Crippen LogP contribution < -0.4 is 0 Å². The molecular formula is C6H6N4O3. The van der Waals surface area contributed by atoms with Crippen LogP contribution in [-0.4, -0.2) is 19.6 Å². The van der Waals surface area contributed by atoms with Gasteiger partial charge in [0, 0.05) is 7.05 Å². The number of imidazole rings is 1. The summed E-state index contributed by atoms with van der Waals surface area (Å²) in [7, 11) is 1.43. The molecule has 1 heterocycles. The highest BCUT2D eigenvalue weighted by atomic mass is 16.6. The van der Waals surface area contributed by atoms with Crippen molar-refractivity contribution in [2.75, 3.05) is 0 Å². The zero-order valence-electron chi connectivity index (χ0n) is 6.76. The van der Waals surface area contributed by atoms with Crippen molar-refractivity contribution < 1.29 is 10.0 Å². The van der Waals surface area contributed by atoms with Crippen LogP contribution in [0, 0.1) is 21.4 Å². The Hall–Kier alpha value is -1.94. The molecule has 0 saturated heterocycles. The van der Waals surface area contributed by atoms with E-state index in [4.69, 9.17) is 10.4 Å². The van der Waals surface area contributed by atoms with Crippen molar-refractivity contribution in [3.05, 3.63) is 21.6 Å².